The zero-order chi connectivity index (χ0) is 42.1. The summed E-state index contributed by atoms with van der Waals surface area (Å²) >= 11 is 0. The van der Waals surface area contributed by atoms with Gasteiger partial charge in [0.2, 0.25) is 0 Å². The van der Waals surface area contributed by atoms with Crippen LogP contribution in [-0.2, 0) is 5.41 Å². The van der Waals surface area contributed by atoms with Gasteiger partial charge < -0.3 is 0 Å². The van der Waals surface area contributed by atoms with Crippen LogP contribution in [0.3, 0.4) is 0 Å². The average molecular weight is 809 g/mol. The van der Waals surface area contributed by atoms with E-state index in [0.717, 1.165) is 36.0 Å². The third kappa shape index (κ3) is 5.89. The van der Waals surface area contributed by atoms with Crippen LogP contribution in [-0.4, -0.2) is 19.9 Å². The Bertz CT molecular complexity index is 3230. The molecule has 0 amide bonds. The molecule has 300 valence electrons. The van der Waals surface area contributed by atoms with Crippen molar-refractivity contribution in [3.63, 3.8) is 0 Å². The normalized spacial score (nSPS) is 16.1. The lowest BCUT2D eigenvalue weighted by Crippen LogP contribution is -2.25. The highest BCUT2D eigenvalue weighted by Gasteiger charge is 2.51. The van der Waals surface area contributed by atoms with E-state index >= 15 is 0 Å². The lowest BCUT2D eigenvalue weighted by Gasteiger charge is -2.31. The summed E-state index contributed by atoms with van der Waals surface area (Å²) in [5.74, 6) is 2.29. The molecule has 0 N–H and O–H groups in total. The molecular weight excluding hydrogens is 765 g/mol. The van der Waals surface area contributed by atoms with Crippen LogP contribution in [0.1, 0.15) is 69.9 Å². The number of hydrogen-bond donors (Lipinski definition) is 0. The van der Waals surface area contributed by atoms with Crippen molar-refractivity contribution in [2.24, 2.45) is 0 Å². The van der Waals surface area contributed by atoms with Gasteiger partial charge >= 0.3 is 0 Å². The van der Waals surface area contributed by atoms with E-state index in [1.54, 1.807) is 0 Å². The number of fused-ring (bicyclic) bond motifs is 10. The van der Waals surface area contributed by atoms with Crippen LogP contribution in [0.2, 0.25) is 0 Å². The number of pyridine rings is 1. The number of aromatic nitrogens is 4. The van der Waals surface area contributed by atoms with Crippen LogP contribution < -0.4 is 0 Å². The first kappa shape index (κ1) is 37.2. The van der Waals surface area contributed by atoms with Crippen molar-refractivity contribution in [2.75, 3.05) is 0 Å². The Morgan fingerprint density at radius 3 is 1.84 bits per heavy atom. The Hall–Kier alpha value is -7.56. The first-order valence-corrected chi connectivity index (χ1v) is 22.1. The first-order chi connectivity index (χ1) is 31.1. The Kier molecular flexibility index (Phi) is 8.75. The Morgan fingerprint density at radius 1 is 0.492 bits per heavy atom. The highest BCUT2D eigenvalue weighted by molar-refractivity contribution is 5.97. The van der Waals surface area contributed by atoms with Gasteiger partial charge in [0.15, 0.2) is 17.5 Å². The Labute approximate surface area is 368 Å². The van der Waals surface area contributed by atoms with Crippen LogP contribution in [0.4, 0.5) is 0 Å². The molecule has 4 heteroatoms. The van der Waals surface area contributed by atoms with Crippen LogP contribution in [0.15, 0.2) is 188 Å². The van der Waals surface area contributed by atoms with Crippen molar-refractivity contribution in [2.45, 2.75) is 44.4 Å². The summed E-state index contributed by atoms with van der Waals surface area (Å²) in [5, 5.41) is 0. The minimum atomic E-state index is -0.492. The predicted octanol–water partition coefficient (Wildman–Crippen LogP) is 14.2. The molecule has 8 aromatic rings. The van der Waals surface area contributed by atoms with Crippen LogP contribution in [0.5, 0.6) is 0 Å². The number of allylic oxidation sites excluding steroid dienone is 8. The summed E-state index contributed by atoms with van der Waals surface area (Å²) in [5.41, 5.74) is 21.2. The molecule has 1 unspecified atom stereocenters. The molecule has 12 rings (SSSR count). The van der Waals surface area contributed by atoms with Gasteiger partial charge in [-0.3, -0.25) is 4.98 Å². The van der Waals surface area contributed by atoms with Crippen LogP contribution in [0, 0.1) is 13.8 Å². The van der Waals surface area contributed by atoms with Gasteiger partial charge in [-0.05, 0) is 135 Å². The van der Waals surface area contributed by atoms with E-state index in [1.165, 1.54) is 83.5 Å². The molecule has 2 aromatic heterocycles. The molecule has 0 fully saturated rings. The van der Waals surface area contributed by atoms with Gasteiger partial charge in [-0.15, -0.1) is 0 Å². The van der Waals surface area contributed by atoms with E-state index in [0.29, 0.717) is 17.5 Å². The van der Waals surface area contributed by atoms with Gasteiger partial charge in [0.1, 0.15) is 0 Å². The Balaban J connectivity index is 1.07. The molecule has 0 saturated heterocycles. The molecule has 4 aliphatic rings. The summed E-state index contributed by atoms with van der Waals surface area (Å²) in [6.45, 7) is 4.33. The first-order valence-electron chi connectivity index (χ1n) is 22.1. The van der Waals surface area contributed by atoms with Gasteiger partial charge in [-0.2, -0.15) is 0 Å². The molecular formula is C59H44N4. The largest absolute Gasteiger partial charge is 0.264 e. The average Bonchev–Trinajstić information content (AvgIpc) is 3.81. The van der Waals surface area contributed by atoms with Crippen molar-refractivity contribution >= 4 is 5.57 Å². The fourth-order valence-corrected chi connectivity index (χ4v) is 10.8. The monoisotopic (exact) mass is 808 g/mol. The molecule has 0 saturated carbocycles. The third-order valence-electron chi connectivity index (χ3n) is 13.6. The standard InChI is InChI=1S/C59H44N4/c1-37-35-60-36-38(2)55(37)42-26-30-48-50-33-44(28-31-53(50)59(54(48)34-42)51-24-14-12-22-46(51)47-23-13-15-25-52(47)59)58-62-56(41-20-10-5-11-21-41)61-57(63-58)43-27-29-45(39-16-6-3-7-17-39)49(32-43)40-18-8-4-9-19-40/h3-4,6-10,12-18,20-36,40H,5,11,19H2,1-2H3. The second kappa shape index (κ2) is 14.8. The van der Waals surface area contributed by atoms with E-state index in [9.17, 15) is 0 Å². The summed E-state index contributed by atoms with van der Waals surface area (Å²) in [6, 6.07) is 49.5. The van der Waals surface area contributed by atoms with Crippen molar-refractivity contribution in [1.82, 2.24) is 19.9 Å². The number of aryl methyl sites for hydroxylation is 2. The smallest absolute Gasteiger partial charge is 0.164 e. The third-order valence-corrected chi connectivity index (χ3v) is 13.6. The quantitative estimate of drug-likeness (QED) is 0.168. The molecule has 0 bridgehead atoms. The maximum atomic E-state index is 5.36. The Morgan fingerprint density at radius 2 is 1.13 bits per heavy atom. The number of rotatable bonds is 6. The van der Waals surface area contributed by atoms with Gasteiger partial charge in [0.25, 0.3) is 0 Å². The zero-order valence-corrected chi connectivity index (χ0v) is 35.4. The topological polar surface area (TPSA) is 51.6 Å². The predicted molar refractivity (Wildman–Crippen MR) is 257 cm³/mol. The maximum absolute atomic E-state index is 5.36. The van der Waals surface area contributed by atoms with E-state index < -0.39 is 5.41 Å². The second-order valence-corrected chi connectivity index (χ2v) is 17.3. The molecule has 4 aliphatic carbocycles. The van der Waals surface area contributed by atoms with E-state index in [4.69, 9.17) is 15.0 Å². The minimum absolute atomic E-state index is 0.247. The second-order valence-electron chi connectivity index (χ2n) is 17.3. The molecule has 2 heterocycles. The van der Waals surface area contributed by atoms with Crippen molar-refractivity contribution in [1.29, 1.82) is 0 Å². The minimum Gasteiger partial charge on any atom is -0.264 e. The lowest BCUT2D eigenvalue weighted by molar-refractivity contribution is 0.794. The summed E-state index contributed by atoms with van der Waals surface area (Å²) < 4.78 is 0. The fourth-order valence-electron chi connectivity index (χ4n) is 10.8. The fraction of sp³-hybridized carbons (Fsp3) is 0.119. The molecule has 0 radical (unpaired) electrons. The summed E-state index contributed by atoms with van der Waals surface area (Å²) in [6.07, 6.45) is 22.4. The molecule has 1 spiro atoms. The van der Waals surface area contributed by atoms with Crippen molar-refractivity contribution < 1.29 is 0 Å². The highest BCUT2D eigenvalue weighted by atomic mass is 15.0. The van der Waals surface area contributed by atoms with Crippen LogP contribution in [0.25, 0.3) is 72.9 Å². The SMILES string of the molecule is Cc1cncc(C)c1-c1ccc2c(c1)C1(c3ccccc3-c3ccccc31)c1ccc(-c3nc(C4=CCCC=C4)nc(-c4ccc(-c5ccccc5)c(C5C=CC=CC5)c4)n3)cc1-2. The van der Waals surface area contributed by atoms with E-state index in [-0.39, 0.29) is 5.92 Å². The number of nitrogens with zero attached hydrogens (tertiary/aromatic N) is 4. The zero-order valence-electron chi connectivity index (χ0n) is 35.4. The van der Waals surface area contributed by atoms with Gasteiger partial charge in [-0.1, -0.05) is 158 Å². The number of hydrogen-bond acceptors (Lipinski definition) is 4. The van der Waals surface area contributed by atoms with Gasteiger partial charge in [-0.25, -0.2) is 15.0 Å². The van der Waals surface area contributed by atoms with Gasteiger partial charge in [0.05, 0.1) is 5.41 Å². The van der Waals surface area contributed by atoms with E-state index in [1.807, 2.05) is 12.4 Å². The molecule has 4 nitrogen and oxygen atoms in total. The molecule has 0 aliphatic heterocycles. The maximum Gasteiger partial charge on any atom is 0.164 e. The lowest BCUT2D eigenvalue weighted by atomic mass is 9.70. The summed E-state index contributed by atoms with van der Waals surface area (Å²) in [4.78, 5) is 20.4. The van der Waals surface area contributed by atoms with E-state index in [2.05, 4.69) is 195 Å². The number of benzene rings is 6. The molecule has 63 heavy (non-hydrogen) atoms. The van der Waals surface area contributed by atoms with Crippen molar-refractivity contribution in [3.8, 4) is 67.3 Å². The van der Waals surface area contributed by atoms with Crippen molar-refractivity contribution in [3.05, 3.63) is 233 Å². The molecule has 6 aromatic carbocycles. The van der Waals surface area contributed by atoms with Crippen LogP contribution >= 0.6 is 0 Å². The molecule has 1 atom stereocenters. The van der Waals surface area contributed by atoms with Gasteiger partial charge in [0, 0.05) is 35.0 Å². The summed E-state index contributed by atoms with van der Waals surface area (Å²) in [7, 11) is 0. The highest BCUT2D eigenvalue weighted by Crippen LogP contribution is 2.63.